The maximum atomic E-state index is 13.3. The minimum Gasteiger partial charge on any atom is -0.322 e. The average molecular weight is 398 g/mol. The number of amides is 3. The lowest BCUT2D eigenvalue weighted by Gasteiger charge is -2.44. The van der Waals surface area contributed by atoms with Gasteiger partial charge in [-0.3, -0.25) is 14.6 Å². The summed E-state index contributed by atoms with van der Waals surface area (Å²) in [4.78, 5) is 36.1. The van der Waals surface area contributed by atoms with Crippen molar-refractivity contribution in [2.24, 2.45) is 5.92 Å². The lowest BCUT2D eigenvalue weighted by Crippen LogP contribution is -2.63. The number of piperazine rings is 1. The van der Waals surface area contributed by atoms with Gasteiger partial charge in [-0.2, -0.15) is 0 Å². The Morgan fingerprint density at radius 2 is 1.93 bits per heavy atom. The Balaban J connectivity index is 1.66. The average Bonchev–Trinajstić information content (AvgIpc) is 3.37. The first-order valence-electron chi connectivity index (χ1n) is 9.57. The fourth-order valence-corrected chi connectivity index (χ4v) is 5.99. The van der Waals surface area contributed by atoms with Crippen molar-refractivity contribution in [1.29, 1.82) is 0 Å². The normalized spacial score (nSPS) is 33.1. The Morgan fingerprint density at radius 3 is 2.64 bits per heavy atom. The molecule has 3 aliphatic heterocycles. The maximum absolute atomic E-state index is 13.3. The van der Waals surface area contributed by atoms with E-state index in [9.17, 15) is 9.59 Å². The smallest absolute Gasteiger partial charge is 0.322 e. The third-order valence-electron chi connectivity index (χ3n) is 6.38. The van der Waals surface area contributed by atoms with Gasteiger partial charge in [0.2, 0.25) is 5.91 Å². The molecule has 4 heterocycles. The molecule has 5 unspecified atom stereocenters. The van der Waals surface area contributed by atoms with Gasteiger partial charge in [-0.15, -0.1) is 11.3 Å². The molecule has 0 aliphatic carbocycles. The Kier molecular flexibility index (Phi) is 4.22. The summed E-state index contributed by atoms with van der Waals surface area (Å²) in [5.41, 5.74) is 1.13. The van der Waals surface area contributed by atoms with Crippen LogP contribution in [0.25, 0.3) is 0 Å². The molecule has 0 spiro atoms. The molecule has 5 atom stereocenters. The molecular weight excluding hydrogens is 374 g/mol. The first-order valence-corrected chi connectivity index (χ1v) is 10.5. The van der Waals surface area contributed by atoms with E-state index in [1.54, 1.807) is 23.3 Å². The lowest BCUT2D eigenvalue weighted by atomic mass is 9.85. The molecule has 5 rings (SSSR count). The number of hydrogen-bond acceptors (Lipinski definition) is 6. The van der Waals surface area contributed by atoms with Crippen molar-refractivity contribution in [3.8, 4) is 0 Å². The Hall–Kier alpha value is -2.29. The standard InChI is InChI=1S/C20H23N5O2S/c1-23-16-13(19(26)24(2)20(23)27)15(12-6-4-3-5-7-12)25-10-8-21-14(17(16)25)18-22-9-11-28-18/h3-7,9,11,13-17,21H,8,10H2,1-2H3. The summed E-state index contributed by atoms with van der Waals surface area (Å²) in [6.45, 7) is 1.66. The molecule has 3 saturated heterocycles. The molecule has 28 heavy (non-hydrogen) atoms. The summed E-state index contributed by atoms with van der Waals surface area (Å²) in [5.74, 6) is -0.378. The first-order chi connectivity index (χ1) is 13.6. The third-order valence-corrected chi connectivity index (χ3v) is 7.24. The van der Waals surface area contributed by atoms with Gasteiger partial charge in [-0.05, 0) is 5.56 Å². The van der Waals surface area contributed by atoms with Crippen molar-refractivity contribution >= 4 is 23.3 Å². The van der Waals surface area contributed by atoms with Crippen LogP contribution in [0.1, 0.15) is 22.7 Å². The summed E-state index contributed by atoms with van der Waals surface area (Å²) >= 11 is 1.62. The van der Waals surface area contributed by atoms with Crippen LogP contribution in [0, 0.1) is 5.92 Å². The highest BCUT2D eigenvalue weighted by atomic mass is 32.1. The second kappa shape index (κ2) is 6.65. The quantitative estimate of drug-likeness (QED) is 0.836. The minimum atomic E-state index is -0.289. The number of carbonyl (C=O) groups excluding carboxylic acids is 2. The number of imide groups is 1. The molecule has 8 heteroatoms. The number of nitrogens with one attached hydrogen (secondary N) is 1. The largest absolute Gasteiger partial charge is 0.326 e. The van der Waals surface area contributed by atoms with E-state index in [4.69, 9.17) is 0 Å². The number of hydrogen-bond donors (Lipinski definition) is 1. The van der Waals surface area contributed by atoms with Crippen LogP contribution in [0.4, 0.5) is 4.79 Å². The van der Waals surface area contributed by atoms with Crippen LogP contribution in [0.5, 0.6) is 0 Å². The van der Waals surface area contributed by atoms with Crippen molar-refractivity contribution in [3.63, 3.8) is 0 Å². The van der Waals surface area contributed by atoms with E-state index in [1.807, 2.05) is 36.8 Å². The van der Waals surface area contributed by atoms with Gasteiger partial charge in [-0.1, -0.05) is 30.3 Å². The molecular formula is C20H23N5O2S. The van der Waals surface area contributed by atoms with Crippen molar-refractivity contribution in [2.45, 2.75) is 24.2 Å². The number of aromatic nitrogens is 1. The van der Waals surface area contributed by atoms with Gasteiger partial charge in [0.15, 0.2) is 0 Å². The van der Waals surface area contributed by atoms with Crippen LogP contribution in [-0.4, -0.2) is 70.9 Å². The maximum Gasteiger partial charge on any atom is 0.326 e. The van der Waals surface area contributed by atoms with Crippen LogP contribution in [0.3, 0.4) is 0 Å². The molecule has 0 radical (unpaired) electrons. The number of likely N-dealkylation sites (N-methyl/N-ethyl adjacent to an activating group) is 1. The molecule has 146 valence electrons. The molecule has 1 aromatic heterocycles. The van der Waals surface area contributed by atoms with Gasteiger partial charge in [0.05, 0.1) is 24.0 Å². The van der Waals surface area contributed by atoms with E-state index in [0.29, 0.717) is 0 Å². The zero-order valence-electron chi connectivity index (χ0n) is 15.9. The number of benzene rings is 1. The summed E-state index contributed by atoms with van der Waals surface area (Å²) in [6.07, 6.45) is 1.82. The second-order valence-electron chi connectivity index (χ2n) is 7.69. The minimum absolute atomic E-state index is 0.00131. The van der Waals surface area contributed by atoms with Gasteiger partial charge < -0.3 is 10.2 Å². The van der Waals surface area contributed by atoms with Gasteiger partial charge in [0.25, 0.3) is 0 Å². The molecule has 3 amide bonds. The summed E-state index contributed by atoms with van der Waals surface area (Å²) in [5, 5.41) is 6.59. The van der Waals surface area contributed by atoms with Crippen LogP contribution < -0.4 is 5.32 Å². The Bertz CT molecular complexity index is 889. The van der Waals surface area contributed by atoms with E-state index in [0.717, 1.165) is 23.7 Å². The first kappa shape index (κ1) is 17.8. The third kappa shape index (κ3) is 2.45. The zero-order chi connectivity index (χ0) is 19.4. The fourth-order valence-electron chi connectivity index (χ4n) is 5.24. The van der Waals surface area contributed by atoms with E-state index in [2.05, 4.69) is 27.3 Å². The van der Waals surface area contributed by atoms with Crippen molar-refractivity contribution < 1.29 is 9.59 Å². The Labute approximate surface area is 167 Å². The molecule has 1 N–H and O–H groups in total. The van der Waals surface area contributed by atoms with E-state index < -0.39 is 0 Å². The second-order valence-corrected chi connectivity index (χ2v) is 8.62. The van der Waals surface area contributed by atoms with E-state index >= 15 is 0 Å². The fraction of sp³-hybridized carbons (Fsp3) is 0.450. The highest BCUT2D eigenvalue weighted by Crippen LogP contribution is 2.50. The number of rotatable bonds is 2. The number of urea groups is 1. The van der Waals surface area contributed by atoms with Gasteiger partial charge >= 0.3 is 6.03 Å². The topological polar surface area (TPSA) is 68.8 Å². The summed E-state index contributed by atoms with van der Waals surface area (Å²) in [6, 6.07) is 9.74. The highest BCUT2D eigenvalue weighted by molar-refractivity contribution is 7.09. The van der Waals surface area contributed by atoms with Crippen LogP contribution in [0.15, 0.2) is 41.9 Å². The molecule has 0 bridgehead atoms. The highest BCUT2D eigenvalue weighted by Gasteiger charge is 2.61. The van der Waals surface area contributed by atoms with Crippen LogP contribution in [0.2, 0.25) is 0 Å². The van der Waals surface area contributed by atoms with Crippen molar-refractivity contribution in [2.75, 3.05) is 27.2 Å². The van der Waals surface area contributed by atoms with Crippen molar-refractivity contribution in [1.82, 2.24) is 25.0 Å². The van der Waals surface area contributed by atoms with Gasteiger partial charge in [-0.25, -0.2) is 9.78 Å². The zero-order valence-corrected chi connectivity index (χ0v) is 16.7. The SMILES string of the molecule is CN1C(=O)C2C(C3C(c4nccs4)NCCN3C2c2ccccc2)N(C)C1=O. The predicted octanol–water partition coefficient (Wildman–Crippen LogP) is 1.72. The monoisotopic (exact) mass is 397 g/mol. The van der Waals surface area contributed by atoms with E-state index in [-0.39, 0.29) is 42.0 Å². The number of thiazole rings is 1. The summed E-state index contributed by atoms with van der Waals surface area (Å²) < 4.78 is 0. The summed E-state index contributed by atoms with van der Waals surface area (Å²) in [7, 11) is 3.41. The molecule has 1 aromatic carbocycles. The number of carbonyl (C=O) groups is 2. The van der Waals surface area contributed by atoms with Crippen molar-refractivity contribution in [3.05, 3.63) is 52.5 Å². The van der Waals surface area contributed by atoms with Gasteiger partial charge in [0, 0.05) is 44.8 Å². The molecule has 7 nitrogen and oxygen atoms in total. The predicted molar refractivity (Wildman–Crippen MR) is 106 cm³/mol. The van der Waals surface area contributed by atoms with E-state index in [1.165, 1.54) is 4.90 Å². The lowest BCUT2D eigenvalue weighted by molar-refractivity contribution is -0.137. The Morgan fingerprint density at radius 1 is 1.14 bits per heavy atom. The van der Waals surface area contributed by atoms with Gasteiger partial charge in [0.1, 0.15) is 5.01 Å². The molecule has 3 fully saturated rings. The van der Waals surface area contributed by atoms with Crippen LogP contribution in [-0.2, 0) is 4.79 Å². The number of fused-ring (bicyclic) bond motifs is 3. The molecule has 0 saturated carbocycles. The molecule has 3 aliphatic rings. The molecule has 2 aromatic rings. The number of nitrogens with zero attached hydrogens (tertiary/aromatic N) is 4. The van der Waals surface area contributed by atoms with Crippen LogP contribution >= 0.6 is 11.3 Å².